The Balaban J connectivity index is 1.31. The molecule has 1 saturated heterocycles. The Hall–Kier alpha value is -2.54. The van der Waals surface area contributed by atoms with E-state index in [4.69, 9.17) is 9.72 Å². The van der Waals surface area contributed by atoms with Gasteiger partial charge < -0.3 is 15.0 Å². The molecule has 0 saturated carbocycles. The van der Waals surface area contributed by atoms with Gasteiger partial charge in [-0.05, 0) is 37.0 Å². The summed E-state index contributed by atoms with van der Waals surface area (Å²) in [4.78, 5) is 28.3. The van der Waals surface area contributed by atoms with E-state index >= 15 is 0 Å². The summed E-state index contributed by atoms with van der Waals surface area (Å²) < 4.78 is 5.39. The zero-order chi connectivity index (χ0) is 18.5. The van der Waals surface area contributed by atoms with Gasteiger partial charge in [-0.3, -0.25) is 9.78 Å². The van der Waals surface area contributed by atoms with Crippen molar-refractivity contribution in [3.05, 3.63) is 47.5 Å². The molecule has 1 amide bonds. The molecule has 2 aliphatic rings. The van der Waals surface area contributed by atoms with Crippen LogP contribution in [-0.4, -0.2) is 53.7 Å². The van der Waals surface area contributed by atoms with Crippen LogP contribution in [0.15, 0.2) is 30.6 Å². The van der Waals surface area contributed by atoms with Crippen LogP contribution in [-0.2, 0) is 28.8 Å². The van der Waals surface area contributed by atoms with Gasteiger partial charge in [0.25, 0.3) is 0 Å². The molecule has 1 fully saturated rings. The van der Waals surface area contributed by atoms with E-state index in [0.29, 0.717) is 13.0 Å². The molecule has 1 unspecified atom stereocenters. The molecule has 142 valence electrons. The first-order valence-electron chi connectivity index (χ1n) is 9.65. The van der Waals surface area contributed by atoms with Crippen LogP contribution >= 0.6 is 0 Å². The van der Waals surface area contributed by atoms with Crippen molar-refractivity contribution >= 4 is 11.9 Å². The summed E-state index contributed by atoms with van der Waals surface area (Å²) in [5, 5.41) is 3.05. The molecule has 27 heavy (non-hydrogen) atoms. The number of pyridine rings is 1. The second-order valence-corrected chi connectivity index (χ2v) is 7.04. The molecule has 2 aromatic heterocycles. The number of anilines is 1. The molecular formula is C20H25N5O2. The second-order valence-electron chi connectivity index (χ2n) is 7.04. The van der Waals surface area contributed by atoms with E-state index in [2.05, 4.69) is 20.2 Å². The van der Waals surface area contributed by atoms with E-state index in [-0.39, 0.29) is 11.8 Å². The monoisotopic (exact) mass is 367 g/mol. The van der Waals surface area contributed by atoms with Gasteiger partial charge in [0.15, 0.2) is 0 Å². The maximum absolute atomic E-state index is 12.5. The van der Waals surface area contributed by atoms with Gasteiger partial charge in [-0.15, -0.1) is 0 Å². The minimum Gasteiger partial charge on any atom is -0.378 e. The summed E-state index contributed by atoms with van der Waals surface area (Å²) in [6.07, 6.45) is 6.81. The number of morpholine rings is 1. The van der Waals surface area contributed by atoms with Crippen LogP contribution in [0.3, 0.4) is 0 Å². The number of aromatic nitrogens is 3. The van der Waals surface area contributed by atoms with Crippen molar-refractivity contribution < 1.29 is 9.53 Å². The highest BCUT2D eigenvalue weighted by Gasteiger charge is 2.26. The smallest absolute Gasteiger partial charge is 0.225 e. The van der Waals surface area contributed by atoms with Crippen LogP contribution in [0.5, 0.6) is 0 Å². The summed E-state index contributed by atoms with van der Waals surface area (Å²) in [5.41, 5.74) is 3.18. The van der Waals surface area contributed by atoms with Crippen LogP contribution < -0.4 is 10.2 Å². The van der Waals surface area contributed by atoms with Crippen molar-refractivity contribution in [2.24, 2.45) is 5.92 Å². The summed E-state index contributed by atoms with van der Waals surface area (Å²) in [6.45, 7) is 3.73. The van der Waals surface area contributed by atoms with Crippen LogP contribution in [0.4, 0.5) is 5.95 Å². The van der Waals surface area contributed by atoms with Crippen LogP contribution in [0.25, 0.3) is 0 Å². The van der Waals surface area contributed by atoms with Gasteiger partial charge in [-0.2, -0.15) is 0 Å². The highest BCUT2D eigenvalue weighted by Crippen LogP contribution is 2.25. The number of nitrogens with zero attached hydrogens (tertiary/aromatic N) is 4. The first kappa shape index (κ1) is 17.9. The standard InChI is InChI=1S/C20H25N5O2/c26-19(22-8-6-17-3-1-2-7-21-17)15-4-5-18-16(13-15)14-23-20(24-18)25-9-11-27-12-10-25/h1-3,7,14-15H,4-6,8-13H2,(H,22,26). The zero-order valence-electron chi connectivity index (χ0n) is 15.4. The summed E-state index contributed by atoms with van der Waals surface area (Å²) in [5.74, 6) is 0.906. The molecular weight excluding hydrogens is 342 g/mol. The number of nitrogens with one attached hydrogen (secondary N) is 1. The minimum absolute atomic E-state index is 0.000862. The molecule has 0 radical (unpaired) electrons. The van der Waals surface area contributed by atoms with Gasteiger partial charge in [-0.1, -0.05) is 6.07 Å². The van der Waals surface area contributed by atoms with Crippen LogP contribution in [0.1, 0.15) is 23.4 Å². The average Bonchev–Trinajstić information content (AvgIpc) is 2.74. The molecule has 2 aromatic rings. The summed E-state index contributed by atoms with van der Waals surface area (Å²) >= 11 is 0. The van der Waals surface area contributed by atoms with E-state index in [1.165, 1.54) is 0 Å². The number of fused-ring (bicyclic) bond motifs is 1. The van der Waals surface area contributed by atoms with E-state index in [1.807, 2.05) is 24.4 Å². The topological polar surface area (TPSA) is 80.2 Å². The number of amides is 1. The van der Waals surface area contributed by atoms with Crippen molar-refractivity contribution in [2.75, 3.05) is 37.7 Å². The van der Waals surface area contributed by atoms with Gasteiger partial charge >= 0.3 is 0 Å². The molecule has 7 nitrogen and oxygen atoms in total. The fraction of sp³-hybridized carbons (Fsp3) is 0.500. The quantitative estimate of drug-likeness (QED) is 0.855. The third-order valence-corrected chi connectivity index (χ3v) is 5.21. The molecule has 1 atom stereocenters. The highest BCUT2D eigenvalue weighted by molar-refractivity contribution is 5.79. The predicted octanol–water partition coefficient (Wildman–Crippen LogP) is 1.17. The van der Waals surface area contributed by atoms with Gasteiger partial charge in [-0.25, -0.2) is 9.97 Å². The lowest BCUT2D eigenvalue weighted by molar-refractivity contribution is -0.125. The van der Waals surface area contributed by atoms with E-state index in [0.717, 1.165) is 68.5 Å². The van der Waals surface area contributed by atoms with Gasteiger partial charge in [0.2, 0.25) is 11.9 Å². The third-order valence-electron chi connectivity index (χ3n) is 5.21. The Labute approximate surface area is 159 Å². The van der Waals surface area contributed by atoms with E-state index < -0.39 is 0 Å². The first-order chi connectivity index (χ1) is 13.3. The normalized spacial score (nSPS) is 19.4. The largest absolute Gasteiger partial charge is 0.378 e. The number of aryl methyl sites for hydroxylation is 1. The van der Waals surface area contributed by atoms with Crippen LogP contribution in [0, 0.1) is 5.92 Å². The minimum atomic E-state index is -0.000862. The van der Waals surface area contributed by atoms with E-state index in [9.17, 15) is 4.79 Å². The number of ether oxygens (including phenoxy) is 1. The van der Waals surface area contributed by atoms with Crippen molar-refractivity contribution in [2.45, 2.75) is 25.7 Å². The predicted molar refractivity (Wildman–Crippen MR) is 102 cm³/mol. The third kappa shape index (κ3) is 4.42. The lowest BCUT2D eigenvalue weighted by atomic mass is 9.86. The van der Waals surface area contributed by atoms with Crippen molar-refractivity contribution in [1.29, 1.82) is 0 Å². The van der Waals surface area contributed by atoms with Crippen molar-refractivity contribution in [3.8, 4) is 0 Å². The Bertz CT molecular complexity index is 777. The zero-order valence-corrected chi connectivity index (χ0v) is 15.4. The van der Waals surface area contributed by atoms with Crippen molar-refractivity contribution in [3.63, 3.8) is 0 Å². The Morgan fingerprint density at radius 1 is 1.26 bits per heavy atom. The molecule has 1 aliphatic heterocycles. The maximum atomic E-state index is 12.5. The fourth-order valence-corrected chi connectivity index (χ4v) is 3.64. The number of carbonyl (C=O) groups is 1. The second kappa shape index (κ2) is 8.43. The number of hydrogen-bond donors (Lipinski definition) is 1. The SMILES string of the molecule is O=C(NCCc1ccccn1)C1CCc2nc(N3CCOCC3)ncc2C1. The van der Waals surface area contributed by atoms with Gasteiger partial charge in [0.1, 0.15) is 0 Å². The molecule has 0 aromatic carbocycles. The highest BCUT2D eigenvalue weighted by atomic mass is 16.5. The molecule has 0 bridgehead atoms. The lowest BCUT2D eigenvalue weighted by Gasteiger charge is -2.28. The first-order valence-corrected chi connectivity index (χ1v) is 9.65. The molecule has 1 N–H and O–H groups in total. The fourth-order valence-electron chi connectivity index (χ4n) is 3.64. The van der Waals surface area contributed by atoms with Gasteiger partial charge in [0.05, 0.1) is 13.2 Å². The molecule has 4 rings (SSSR count). The number of rotatable bonds is 5. The van der Waals surface area contributed by atoms with Gasteiger partial charge in [0, 0.05) is 55.8 Å². The Morgan fingerprint density at radius 2 is 2.15 bits per heavy atom. The van der Waals surface area contributed by atoms with Crippen LogP contribution in [0.2, 0.25) is 0 Å². The number of carbonyl (C=O) groups excluding carboxylic acids is 1. The van der Waals surface area contributed by atoms with E-state index in [1.54, 1.807) is 6.20 Å². The molecule has 3 heterocycles. The average molecular weight is 367 g/mol. The Morgan fingerprint density at radius 3 is 2.96 bits per heavy atom. The maximum Gasteiger partial charge on any atom is 0.225 e. The summed E-state index contributed by atoms with van der Waals surface area (Å²) in [6, 6.07) is 5.84. The summed E-state index contributed by atoms with van der Waals surface area (Å²) in [7, 11) is 0. The molecule has 0 spiro atoms. The molecule has 7 heteroatoms. The van der Waals surface area contributed by atoms with Crippen molar-refractivity contribution in [1.82, 2.24) is 20.3 Å². The number of hydrogen-bond acceptors (Lipinski definition) is 6. The Kier molecular flexibility index (Phi) is 5.58. The lowest BCUT2D eigenvalue weighted by Crippen LogP contribution is -2.38. The molecule has 1 aliphatic carbocycles.